The molecule has 176 valence electrons. The van der Waals surface area contributed by atoms with E-state index in [1.165, 1.54) is 6.92 Å². The first-order valence-electron chi connectivity index (χ1n) is 10.9. The largest absolute Gasteiger partial charge is 0.496 e. The van der Waals surface area contributed by atoms with E-state index in [1.54, 1.807) is 13.2 Å². The Hall–Kier alpha value is -2.91. The highest BCUT2D eigenvalue weighted by molar-refractivity contribution is 5.73. The van der Waals surface area contributed by atoms with Crippen LogP contribution >= 0.6 is 0 Å². The molecule has 2 N–H and O–H groups in total. The lowest BCUT2D eigenvalue weighted by molar-refractivity contribution is -0.333. The van der Waals surface area contributed by atoms with Gasteiger partial charge < -0.3 is 34.1 Å². The lowest BCUT2D eigenvalue weighted by atomic mass is 9.95. The van der Waals surface area contributed by atoms with E-state index in [9.17, 15) is 9.90 Å². The molecule has 2 aliphatic rings. The molecule has 0 aromatic heterocycles. The summed E-state index contributed by atoms with van der Waals surface area (Å²) in [5.41, 5.74) is 1.63. The van der Waals surface area contributed by atoms with Crippen molar-refractivity contribution in [1.82, 2.24) is 5.32 Å². The monoisotopic (exact) mass is 455 g/mol. The van der Waals surface area contributed by atoms with Crippen molar-refractivity contribution >= 4 is 5.91 Å². The number of hydrogen-bond donors (Lipinski definition) is 2. The number of aliphatic hydroxyl groups excluding tert-OH is 1. The highest BCUT2D eigenvalue weighted by atomic mass is 16.7. The maximum absolute atomic E-state index is 11.9. The molecular weight excluding hydrogens is 426 g/mol. The second kappa shape index (κ2) is 10.4. The number of hydrogen-bond acceptors (Lipinski definition) is 7. The molecule has 2 aromatic carbocycles. The van der Waals surface area contributed by atoms with Gasteiger partial charge in [-0.2, -0.15) is 0 Å². The number of ether oxygens (including phenoxy) is 5. The molecule has 0 aliphatic carbocycles. The Kier molecular flexibility index (Phi) is 7.29. The van der Waals surface area contributed by atoms with E-state index in [4.69, 9.17) is 23.7 Å². The average molecular weight is 456 g/mol. The predicted octanol–water partition coefficient (Wildman–Crippen LogP) is 2.51. The number of methoxy groups -OCH3 is 1. The summed E-state index contributed by atoms with van der Waals surface area (Å²) in [6, 6.07) is 14.0. The molecule has 4 rings (SSSR count). The van der Waals surface area contributed by atoms with Gasteiger partial charge in [0, 0.05) is 12.5 Å². The third-order valence-electron chi connectivity index (χ3n) is 5.71. The van der Waals surface area contributed by atoms with Gasteiger partial charge in [0.2, 0.25) is 12.2 Å². The Balaban J connectivity index is 1.56. The molecule has 0 spiro atoms. The van der Waals surface area contributed by atoms with Gasteiger partial charge in [0.15, 0.2) is 6.29 Å². The summed E-state index contributed by atoms with van der Waals surface area (Å²) in [4.78, 5) is 11.9. The number of carbonyl (C=O) groups is 1. The van der Waals surface area contributed by atoms with Gasteiger partial charge in [0.1, 0.15) is 35.9 Å². The molecule has 0 radical (unpaired) electrons. The Morgan fingerprint density at radius 2 is 1.91 bits per heavy atom. The van der Waals surface area contributed by atoms with Gasteiger partial charge in [-0.25, -0.2) is 0 Å². The van der Waals surface area contributed by atoms with Crippen LogP contribution in [0.15, 0.2) is 61.2 Å². The standard InChI is InChI=1S/C25H29NO7/c1-4-9-16-10-5-7-12-18(16)31-25-21(26-15(2)27)22(28)23-20(32-25)14-30-24(33-23)17-11-6-8-13-19(17)29-3/h4-8,10-13,20-25,28H,1,9,14H2,2-3H3,(H,26,27). The summed E-state index contributed by atoms with van der Waals surface area (Å²) in [6.07, 6.45) is -1.72. The van der Waals surface area contributed by atoms with Crippen LogP contribution in [0.2, 0.25) is 0 Å². The van der Waals surface area contributed by atoms with E-state index >= 15 is 0 Å². The van der Waals surface area contributed by atoms with Crippen LogP contribution in [0.1, 0.15) is 24.3 Å². The molecule has 1 amide bonds. The van der Waals surface area contributed by atoms with E-state index in [0.29, 0.717) is 23.5 Å². The minimum Gasteiger partial charge on any atom is -0.496 e. The Morgan fingerprint density at radius 1 is 1.18 bits per heavy atom. The molecule has 2 aliphatic heterocycles. The van der Waals surface area contributed by atoms with E-state index in [-0.39, 0.29) is 12.5 Å². The van der Waals surface area contributed by atoms with Crippen molar-refractivity contribution in [3.05, 3.63) is 72.3 Å². The number of amides is 1. The van der Waals surface area contributed by atoms with Gasteiger partial charge in [-0.3, -0.25) is 4.79 Å². The van der Waals surface area contributed by atoms with E-state index in [2.05, 4.69) is 11.9 Å². The number of rotatable bonds is 7. The van der Waals surface area contributed by atoms with E-state index < -0.39 is 36.9 Å². The number of carbonyl (C=O) groups excluding carboxylic acids is 1. The van der Waals surface area contributed by atoms with Crippen LogP contribution in [0, 0.1) is 0 Å². The molecular formula is C25H29NO7. The second-order valence-corrected chi connectivity index (χ2v) is 7.99. The molecule has 8 nitrogen and oxygen atoms in total. The van der Waals surface area contributed by atoms with Crippen molar-refractivity contribution in [1.29, 1.82) is 0 Å². The maximum atomic E-state index is 11.9. The topological polar surface area (TPSA) is 95.5 Å². The van der Waals surface area contributed by atoms with Crippen molar-refractivity contribution in [2.24, 2.45) is 0 Å². The van der Waals surface area contributed by atoms with Gasteiger partial charge in [-0.15, -0.1) is 6.58 Å². The fraction of sp³-hybridized carbons (Fsp3) is 0.400. The molecule has 0 bridgehead atoms. The molecule has 33 heavy (non-hydrogen) atoms. The number of fused-ring (bicyclic) bond motifs is 1. The molecule has 0 saturated carbocycles. The van der Waals surface area contributed by atoms with Crippen LogP contribution in [0.4, 0.5) is 0 Å². The Bertz CT molecular complexity index is 981. The molecule has 2 aromatic rings. The summed E-state index contributed by atoms with van der Waals surface area (Å²) in [5, 5.41) is 14.0. The number of benzene rings is 2. The molecule has 6 atom stereocenters. The maximum Gasteiger partial charge on any atom is 0.223 e. The first-order chi connectivity index (χ1) is 16.0. The van der Waals surface area contributed by atoms with Crippen LogP contribution < -0.4 is 14.8 Å². The van der Waals surface area contributed by atoms with Gasteiger partial charge in [-0.1, -0.05) is 42.5 Å². The number of allylic oxidation sites excluding steroid dienone is 1. The SMILES string of the molecule is C=CCc1ccccc1OC1OC2COC(c3ccccc3OC)OC2C(O)C1NC(C)=O. The minimum absolute atomic E-state index is 0.172. The third kappa shape index (κ3) is 5.04. The van der Waals surface area contributed by atoms with E-state index in [1.807, 2.05) is 48.5 Å². The van der Waals surface area contributed by atoms with Crippen LogP contribution in [-0.2, 0) is 25.4 Å². The Labute approximate surface area is 193 Å². The van der Waals surface area contributed by atoms with Crippen molar-refractivity contribution in [3.63, 3.8) is 0 Å². The molecule has 2 heterocycles. The van der Waals surface area contributed by atoms with Gasteiger partial charge in [-0.05, 0) is 24.1 Å². The number of nitrogens with one attached hydrogen (secondary N) is 1. The summed E-state index contributed by atoms with van der Waals surface area (Å²) in [5.74, 6) is 0.890. The smallest absolute Gasteiger partial charge is 0.223 e. The van der Waals surface area contributed by atoms with Crippen molar-refractivity contribution in [2.45, 2.75) is 50.3 Å². The summed E-state index contributed by atoms with van der Waals surface area (Å²) < 4.78 is 29.7. The fourth-order valence-corrected chi connectivity index (χ4v) is 4.17. The minimum atomic E-state index is -1.09. The summed E-state index contributed by atoms with van der Waals surface area (Å²) in [6.45, 7) is 5.33. The predicted molar refractivity (Wildman–Crippen MR) is 120 cm³/mol. The molecule has 2 fully saturated rings. The zero-order valence-electron chi connectivity index (χ0n) is 18.7. The molecule has 8 heteroatoms. The second-order valence-electron chi connectivity index (χ2n) is 7.99. The zero-order chi connectivity index (χ0) is 23.4. The van der Waals surface area contributed by atoms with Crippen molar-refractivity contribution in [3.8, 4) is 11.5 Å². The number of aliphatic hydroxyl groups is 1. The third-order valence-corrected chi connectivity index (χ3v) is 5.71. The lowest BCUT2D eigenvalue weighted by Crippen LogP contribution is -2.67. The van der Waals surface area contributed by atoms with Crippen LogP contribution in [0.5, 0.6) is 11.5 Å². The van der Waals surface area contributed by atoms with E-state index in [0.717, 1.165) is 5.56 Å². The zero-order valence-corrected chi connectivity index (χ0v) is 18.7. The van der Waals surface area contributed by atoms with Crippen molar-refractivity contribution in [2.75, 3.05) is 13.7 Å². The van der Waals surface area contributed by atoms with Crippen LogP contribution in [-0.4, -0.2) is 55.4 Å². The quantitative estimate of drug-likeness (QED) is 0.620. The highest BCUT2D eigenvalue weighted by Gasteiger charge is 2.51. The normalized spacial score (nSPS) is 28.9. The molecule has 6 unspecified atom stereocenters. The lowest BCUT2D eigenvalue weighted by Gasteiger charge is -2.47. The van der Waals surface area contributed by atoms with Crippen molar-refractivity contribution < 1.29 is 33.6 Å². The van der Waals surface area contributed by atoms with Crippen LogP contribution in [0.25, 0.3) is 0 Å². The first kappa shape index (κ1) is 23.3. The van der Waals surface area contributed by atoms with Gasteiger partial charge >= 0.3 is 0 Å². The number of para-hydroxylation sites is 2. The Morgan fingerprint density at radius 3 is 2.64 bits per heavy atom. The highest BCUT2D eigenvalue weighted by Crippen LogP contribution is 2.37. The fourth-order valence-electron chi connectivity index (χ4n) is 4.17. The van der Waals surface area contributed by atoms with Crippen LogP contribution in [0.3, 0.4) is 0 Å². The van der Waals surface area contributed by atoms with Gasteiger partial charge in [0.05, 0.1) is 13.7 Å². The summed E-state index contributed by atoms with van der Waals surface area (Å²) in [7, 11) is 1.57. The molecule has 2 saturated heterocycles. The first-order valence-corrected chi connectivity index (χ1v) is 10.9. The average Bonchev–Trinajstić information content (AvgIpc) is 2.82. The van der Waals surface area contributed by atoms with Gasteiger partial charge in [0.25, 0.3) is 0 Å². The summed E-state index contributed by atoms with van der Waals surface area (Å²) >= 11 is 0.